The van der Waals surface area contributed by atoms with Crippen LogP contribution in [0.3, 0.4) is 0 Å². The fourth-order valence-electron chi connectivity index (χ4n) is 2.38. The minimum Gasteiger partial charge on any atom is -0.480 e. The summed E-state index contributed by atoms with van der Waals surface area (Å²) in [4.78, 5) is 23.3. The van der Waals surface area contributed by atoms with Crippen LogP contribution in [-0.4, -0.2) is 37.2 Å². The van der Waals surface area contributed by atoms with Crippen LogP contribution in [0.1, 0.15) is 12.0 Å². The molecule has 0 aliphatic carbocycles. The number of carboxylic acid groups (broad SMARTS) is 1. The Morgan fingerprint density at radius 1 is 1.00 bits per heavy atom. The number of nitrogens with one attached hydrogen (secondary N) is 1. The summed E-state index contributed by atoms with van der Waals surface area (Å²) >= 11 is 0. The molecule has 0 bridgehead atoms. The highest BCUT2D eigenvalue weighted by atomic mass is 32.2. The van der Waals surface area contributed by atoms with Gasteiger partial charge in [0.05, 0.1) is 17.1 Å². The van der Waals surface area contributed by atoms with Crippen LogP contribution in [0, 0.1) is 11.6 Å². The standard InChI is InChI=1S/C18H17F2NO5S/c19-14-7-4-8-15(20)13(14)11-17(22)21-16(18(23)24)9-10-27(25,26)12-5-2-1-3-6-12/h1-8,16H,9-11H2,(H,21,22)(H,23,24)/t16-/m0/s1. The molecule has 2 rings (SSSR count). The summed E-state index contributed by atoms with van der Waals surface area (Å²) in [7, 11) is -3.73. The lowest BCUT2D eigenvalue weighted by Crippen LogP contribution is -2.42. The first-order valence-electron chi connectivity index (χ1n) is 7.93. The number of carbonyl (C=O) groups is 2. The molecular formula is C18H17F2NO5S. The molecule has 9 heteroatoms. The fourth-order valence-corrected chi connectivity index (χ4v) is 3.74. The SMILES string of the molecule is O=C(Cc1c(F)cccc1F)N[C@@H](CCS(=O)(=O)c1ccccc1)C(=O)O. The summed E-state index contributed by atoms with van der Waals surface area (Å²) in [5, 5.41) is 11.3. The number of carboxylic acids is 1. The number of benzene rings is 2. The van der Waals surface area contributed by atoms with Gasteiger partial charge in [-0.15, -0.1) is 0 Å². The molecule has 0 saturated heterocycles. The van der Waals surface area contributed by atoms with Crippen LogP contribution in [0.25, 0.3) is 0 Å². The maximum absolute atomic E-state index is 13.6. The van der Waals surface area contributed by atoms with Crippen molar-refractivity contribution in [1.82, 2.24) is 5.32 Å². The second-order valence-corrected chi connectivity index (χ2v) is 7.87. The minimum absolute atomic E-state index is 0.0360. The van der Waals surface area contributed by atoms with Crippen molar-refractivity contribution in [3.8, 4) is 0 Å². The molecule has 1 amide bonds. The number of carbonyl (C=O) groups excluding carboxylic acids is 1. The summed E-state index contributed by atoms with van der Waals surface area (Å²) in [6, 6.07) is 9.06. The van der Waals surface area contributed by atoms with E-state index in [2.05, 4.69) is 5.32 Å². The van der Waals surface area contributed by atoms with Gasteiger partial charge >= 0.3 is 5.97 Å². The zero-order valence-corrected chi connectivity index (χ0v) is 14.9. The topological polar surface area (TPSA) is 101 Å². The molecule has 2 N–H and O–H groups in total. The minimum atomic E-state index is -3.73. The quantitative estimate of drug-likeness (QED) is 0.709. The Labute approximate surface area is 154 Å². The average molecular weight is 397 g/mol. The van der Waals surface area contributed by atoms with E-state index in [4.69, 9.17) is 0 Å². The monoisotopic (exact) mass is 397 g/mol. The Kier molecular flexibility index (Phi) is 6.62. The van der Waals surface area contributed by atoms with Gasteiger partial charge in [0.2, 0.25) is 5.91 Å². The molecule has 6 nitrogen and oxygen atoms in total. The molecule has 0 saturated carbocycles. The highest BCUT2D eigenvalue weighted by Gasteiger charge is 2.25. The molecule has 0 fully saturated rings. The van der Waals surface area contributed by atoms with Crippen molar-refractivity contribution in [3.63, 3.8) is 0 Å². The van der Waals surface area contributed by atoms with Crippen LogP contribution in [0.5, 0.6) is 0 Å². The molecule has 2 aromatic rings. The molecule has 0 aliphatic heterocycles. The third-order valence-electron chi connectivity index (χ3n) is 3.81. The van der Waals surface area contributed by atoms with E-state index in [0.29, 0.717) is 0 Å². The Morgan fingerprint density at radius 3 is 2.15 bits per heavy atom. The number of rotatable bonds is 8. The lowest BCUT2D eigenvalue weighted by atomic mass is 10.1. The number of sulfone groups is 1. The van der Waals surface area contributed by atoms with Gasteiger partial charge in [-0.25, -0.2) is 22.0 Å². The molecular weight excluding hydrogens is 380 g/mol. The predicted molar refractivity (Wildman–Crippen MR) is 92.7 cm³/mol. The molecule has 0 radical (unpaired) electrons. The smallest absolute Gasteiger partial charge is 0.326 e. The molecule has 0 spiro atoms. The van der Waals surface area contributed by atoms with E-state index in [1.54, 1.807) is 6.07 Å². The number of aliphatic carboxylic acids is 1. The van der Waals surface area contributed by atoms with E-state index in [1.165, 1.54) is 24.3 Å². The normalized spacial score (nSPS) is 12.4. The van der Waals surface area contributed by atoms with Crippen LogP contribution in [0.15, 0.2) is 53.4 Å². The van der Waals surface area contributed by atoms with Crippen molar-refractivity contribution >= 4 is 21.7 Å². The Balaban J connectivity index is 2.03. The molecule has 27 heavy (non-hydrogen) atoms. The third-order valence-corrected chi connectivity index (χ3v) is 5.57. The van der Waals surface area contributed by atoms with Gasteiger partial charge in [0, 0.05) is 5.56 Å². The average Bonchev–Trinajstić information content (AvgIpc) is 2.62. The Hall–Kier alpha value is -2.81. The van der Waals surface area contributed by atoms with Crippen molar-refractivity contribution in [2.45, 2.75) is 23.8 Å². The van der Waals surface area contributed by atoms with E-state index in [-0.39, 0.29) is 4.90 Å². The van der Waals surface area contributed by atoms with Crippen molar-refractivity contribution in [2.75, 3.05) is 5.75 Å². The first kappa shape index (κ1) is 20.5. The first-order valence-corrected chi connectivity index (χ1v) is 9.59. The van der Waals surface area contributed by atoms with Gasteiger partial charge in [0.1, 0.15) is 17.7 Å². The van der Waals surface area contributed by atoms with Crippen LogP contribution in [-0.2, 0) is 25.8 Å². The van der Waals surface area contributed by atoms with Gasteiger partial charge in [0.25, 0.3) is 0 Å². The van der Waals surface area contributed by atoms with E-state index < -0.39 is 63.5 Å². The largest absolute Gasteiger partial charge is 0.480 e. The summed E-state index contributed by atoms with van der Waals surface area (Å²) in [5.41, 5.74) is -0.490. The van der Waals surface area contributed by atoms with Gasteiger partial charge in [-0.05, 0) is 30.7 Å². The number of hydrogen-bond donors (Lipinski definition) is 2. The van der Waals surface area contributed by atoms with Crippen LogP contribution >= 0.6 is 0 Å². The van der Waals surface area contributed by atoms with Gasteiger partial charge < -0.3 is 10.4 Å². The summed E-state index contributed by atoms with van der Waals surface area (Å²) in [6.45, 7) is 0. The van der Waals surface area contributed by atoms with Crippen molar-refractivity contribution in [3.05, 3.63) is 65.7 Å². The molecule has 1 atom stereocenters. The van der Waals surface area contributed by atoms with Gasteiger partial charge in [-0.1, -0.05) is 24.3 Å². The van der Waals surface area contributed by atoms with Gasteiger partial charge in [0.15, 0.2) is 9.84 Å². The summed E-state index contributed by atoms with van der Waals surface area (Å²) < 4.78 is 51.6. The van der Waals surface area contributed by atoms with Gasteiger partial charge in [-0.2, -0.15) is 0 Å². The van der Waals surface area contributed by atoms with Crippen molar-refractivity contribution in [2.24, 2.45) is 0 Å². The van der Waals surface area contributed by atoms with Crippen LogP contribution < -0.4 is 5.32 Å². The van der Waals surface area contributed by atoms with Gasteiger partial charge in [-0.3, -0.25) is 4.79 Å². The third kappa shape index (κ3) is 5.58. The maximum atomic E-state index is 13.6. The van der Waals surface area contributed by atoms with Crippen molar-refractivity contribution < 1.29 is 31.9 Å². The number of hydrogen-bond acceptors (Lipinski definition) is 4. The molecule has 144 valence electrons. The summed E-state index contributed by atoms with van der Waals surface area (Å²) in [5.74, 6) is -4.74. The van der Waals surface area contributed by atoms with Crippen LogP contribution in [0.2, 0.25) is 0 Å². The second-order valence-electron chi connectivity index (χ2n) is 5.76. The predicted octanol–water partition coefficient (Wildman–Crippen LogP) is 1.94. The van der Waals surface area contributed by atoms with Crippen LogP contribution in [0.4, 0.5) is 8.78 Å². The maximum Gasteiger partial charge on any atom is 0.326 e. The lowest BCUT2D eigenvalue weighted by molar-refractivity contribution is -0.141. The molecule has 0 aliphatic rings. The van der Waals surface area contributed by atoms with E-state index in [0.717, 1.165) is 18.2 Å². The Bertz CT molecular complexity index is 912. The zero-order chi connectivity index (χ0) is 20.0. The fraction of sp³-hybridized carbons (Fsp3) is 0.222. The van der Waals surface area contributed by atoms with E-state index in [1.807, 2.05) is 0 Å². The first-order chi connectivity index (χ1) is 12.7. The summed E-state index contributed by atoms with van der Waals surface area (Å²) in [6.07, 6.45) is -1.09. The van der Waals surface area contributed by atoms with E-state index in [9.17, 15) is 31.9 Å². The molecule has 0 aromatic heterocycles. The second kappa shape index (κ2) is 8.72. The molecule has 0 unspecified atom stereocenters. The molecule has 0 heterocycles. The zero-order valence-electron chi connectivity index (χ0n) is 14.1. The van der Waals surface area contributed by atoms with Crippen molar-refractivity contribution in [1.29, 1.82) is 0 Å². The highest BCUT2D eigenvalue weighted by Crippen LogP contribution is 2.14. The number of halogens is 2. The van der Waals surface area contributed by atoms with E-state index >= 15 is 0 Å². The highest BCUT2D eigenvalue weighted by molar-refractivity contribution is 7.91. The number of amides is 1. The molecule has 2 aromatic carbocycles. The lowest BCUT2D eigenvalue weighted by Gasteiger charge is -2.15. The Morgan fingerprint density at radius 2 is 1.59 bits per heavy atom.